The Morgan fingerprint density at radius 3 is 2.00 bits per heavy atom. The van der Waals surface area contributed by atoms with Gasteiger partial charge in [0.05, 0.1) is 12.4 Å². The van der Waals surface area contributed by atoms with E-state index in [0.29, 0.717) is 5.75 Å². The molecule has 1 aromatic carbocycles. The van der Waals surface area contributed by atoms with E-state index in [1.54, 1.807) is 12.1 Å². The summed E-state index contributed by atoms with van der Waals surface area (Å²) in [5.41, 5.74) is 1.01. The van der Waals surface area contributed by atoms with Gasteiger partial charge in [0.15, 0.2) is 8.32 Å². The van der Waals surface area contributed by atoms with Gasteiger partial charge in [0.2, 0.25) is 0 Å². The fourth-order valence-corrected chi connectivity index (χ4v) is 3.23. The fourth-order valence-electron chi connectivity index (χ4n) is 1.57. The lowest BCUT2D eigenvalue weighted by atomic mass is 10.1. The van der Waals surface area contributed by atoms with Gasteiger partial charge in [-0.15, -0.1) is 0 Å². The van der Waals surface area contributed by atoms with Crippen molar-refractivity contribution in [3.63, 3.8) is 0 Å². The van der Waals surface area contributed by atoms with Gasteiger partial charge in [-0.1, -0.05) is 12.1 Å². The molecule has 1 unspecified atom stereocenters. The van der Waals surface area contributed by atoms with Gasteiger partial charge in [-0.2, -0.15) is 8.42 Å². The van der Waals surface area contributed by atoms with Crippen molar-refractivity contribution in [3.8, 4) is 5.75 Å². The Balaban J connectivity index is 2.77. The summed E-state index contributed by atoms with van der Waals surface area (Å²) in [7, 11) is -5.05. The highest BCUT2D eigenvalue weighted by molar-refractivity contribution is 7.86. The zero-order valence-electron chi connectivity index (χ0n) is 11.4. The molecule has 0 spiro atoms. The van der Waals surface area contributed by atoms with Crippen LogP contribution in [0.2, 0.25) is 19.6 Å². The van der Waals surface area contributed by atoms with E-state index in [1.807, 2.05) is 19.1 Å². The predicted octanol–water partition coefficient (Wildman–Crippen LogP) is 2.94. The Hall–Kier alpha value is -0.853. The topological polar surface area (TPSA) is 52.6 Å². The first-order valence-corrected chi connectivity index (χ1v) is 11.0. The summed E-state index contributed by atoms with van der Waals surface area (Å²) in [6.07, 6.45) is 1.03. The van der Waals surface area contributed by atoms with Crippen molar-refractivity contribution in [2.24, 2.45) is 0 Å². The van der Waals surface area contributed by atoms with Crippen molar-refractivity contribution in [1.82, 2.24) is 0 Å². The van der Waals surface area contributed by atoms with E-state index in [0.717, 1.165) is 11.8 Å². The van der Waals surface area contributed by atoms with Crippen molar-refractivity contribution in [2.45, 2.75) is 32.7 Å². The van der Waals surface area contributed by atoms with Crippen LogP contribution >= 0.6 is 0 Å². The summed E-state index contributed by atoms with van der Waals surface area (Å²) in [6, 6.07) is 6.93. The molecule has 0 bridgehead atoms. The Labute approximate surface area is 110 Å². The molecule has 1 aromatic rings. The number of hydrogen-bond donors (Lipinski definition) is 0. The molecule has 0 saturated carbocycles. The molecule has 0 aliphatic rings. The highest BCUT2D eigenvalue weighted by Gasteiger charge is 2.19. The second kappa shape index (κ2) is 5.42. The predicted molar refractivity (Wildman–Crippen MR) is 74.8 cm³/mol. The Morgan fingerprint density at radius 2 is 1.61 bits per heavy atom. The van der Waals surface area contributed by atoms with Crippen molar-refractivity contribution >= 4 is 18.4 Å². The van der Waals surface area contributed by atoms with Gasteiger partial charge in [0, 0.05) is 0 Å². The molecular weight excluding hydrogens is 268 g/mol. The smallest absolute Gasteiger partial charge is 0.306 e. The maximum absolute atomic E-state index is 11.0. The van der Waals surface area contributed by atoms with Gasteiger partial charge < -0.3 is 8.61 Å². The standard InChI is InChI=1S/C12H20O4SSi/c1-10(16-18(3,4)5)11-6-8-12(9-7-11)15-17(2,13)14/h6-10H,1-5H3. The van der Waals surface area contributed by atoms with Crippen molar-refractivity contribution in [3.05, 3.63) is 29.8 Å². The SMILES string of the molecule is CC(O[Si](C)(C)C)c1ccc(OS(C)(=O)=O)cc1. The minimum absolute atomic E-state index is 0.00366. The zero-order chi connectivity index (χ0) is 14.0. The third kappa shape index (κ3) is 5.66. The summed E-state index contributed by atoms with van der Waals surface area (Å²) in [5, 5.41) is 0. The van der Waals surface area contributed by atoms with Gasteiger partial charge in [-0.25, -0.2) is 0 Å². The van der Waals surface area contributed by atoms with Crippen LogP contribution < -0.4 is 4.18 Å². The molecule has 0 heterocycles. The molecule has 0 fully saturated rings. The van der Waals surface area contributed by atoms with Crippen LogP contribution in [-0.2, 0) is 14.5 Å². The van der Waals surface area contributed by atoms with Crippen LogP contribution in [0.1, 0.15) is 18.6 Å². The minimum Gasteiger partial charge on any atom is -0.411 e. The van der Waals surface area contributed by atoms with Gasteiger partial charge >= 0.3 is 10.1 Å². The van der Waals surface area contributed by atoms with Crippen molar-refractivity contribution in [1.29, 1.82) is 0 Å². The normalized spacial score (nSPS) is 14.3. The second-order valence-electron chi connectivity index (χ2n) is 5.23. The van der Waals surface area contributed by atoms with Crippen molar-refractivity contribution < 1.29 is 17.0 Å². The first-order chi connectivity index (χ1) is 8.07. The average Bonchev–Trinajstić information content (AvgIpc) is 2.13. The number of benzene rings is 1. The molecule has 0 aliphatic carbocycles. The van der Waals surface area contributed by atoms with Crippen LogP contribution in [0.25, 0.3) is 0 Å². The van der Waals surface area contributed by atoms with Crippen LogP contribution in [0.4, 0.5) is 0 Å². The maximum atomic E-state index is 11.0. The summed E-state index contributed by atoms with van der Waals surface area (Å²) in [5.74, 6) is 0.321. The third-order valence-electron chi connectivity index (χ3n) is 2.13. The van der Waals surface area contributed by atoms with E-state index < -0.39 is 18.4 Å². The lowest BCUT2D eigenvalue weighted by molar-refractivity contribution is 0.219. The second-order valence-corrected chi connectivity index (χ2v) is 11.3. The number of hydrogen-bond acceptors (Lipinski definition) is 4. The maximum Gasteiger partial charge on any atom is 0.306 e. The average molecular weight is 288 g/mol. The molecule has 4 nitrogen and oxygen atoms in total. The largest absolute Gasteiger partial charge is 0.411 e. The highest BCUT2D eigenvalue weighted by Crippen LogP contribution is 2.24. The molecule has 0 saturated heterocycles. The molecular formula is C12H20O4SSi. The first-order valence-electron chi connectivity index (χ1n) is 5.74. The van der Waals surface area contributed by atoms with Crippen LogP contribution in [0, 0.1) is 0 Å². The van der Waals surface area contributed by atoms with Crippen LogP contribution in [0.15, 0.2) is 24.3 Å². The van der Waals surface area contributed by atoms with Gasteiger partial charge in [-0.05, 0) is 44.3 Å². The Kier molecular flexibility index (Phi) is 4.58. The quantitative estimate of drug-likeness (QED) is 0.617. The minimum atomic E-state index is -3.46. The molecule has 0 aromatic heterocycles. The lowest BCUT2D eigenvalue weighted by Gasteiger charge is -2.23. The van der Waals surface area contributed by atoms with E-state index in [9.17, 15) is 8.42 Å². The summed E-state index contributed by atoms with van der Waals surface area (Å²) >= 11 is 0. The molecule has 0 amide bonds. The monoisotopic (exact) mass is 288 g/mol. The Bertz CT molecular complexity index is 488. The first kappa shape index (κ1) is 15.2. The molecule has 0 aliphatic heterocycles. The molecule has 0 N–H and O–H groups in total. The molecule has 1 atom stereocenters. The fraction of sp³-hybridized carbons (Fsp3) is 0.500. The van der Waals surface area contributed by atoms with E-state index in [1.165, 1.54) is 0 Å². The van der Waals surface area contributed by atoms with Crippen LogP contribution in [0.3, 0.4) is 0 Å². The third-order valence-corrected chi connectivity index (χ3v) is 3.68. The summed E-state index contributed by atoms with van der Waals surface area (Å²) in [6.45, 7) is 8.38. The van der Waals surface area contributed by atoms with E-state index in [2.05, 4.69) is 19.6 Å². The van der Waals surface area contributed by atoms with Crippen LogP contribution in [0.5, 0.6) is 5.75 Å². The van der Waals surface area contributed by atoms with E-state index in [-0.39, 0.29) is 6.10 Å². The summed E-state index contributed by atoms with van der Waals surface area (Å²) in [4.78, 5) is 0. The molecule has 0 radical (unpaired) electrons. The van der Waals surface area contributed by atoms with E-state index in [4.69, 9.17) is 8.61 Å². The van der Waals surface area contributed by atoms with Gasteiger partial charge in [0.1, 0.15) is 5.75 Å². The van der Waals surface area contributed by atoms with Gasteiger partial charge in [-0.3, -0.25) is 0 Å². The van der Waals surface area contributed by atoms with Gasteiger partial charge in [0.25, 0.3) is 0 Å². The molecule has 18 heavy (non-hydrogen) atoms. The number of rotatable bonds is 5. The molecule has 1 rings (SSSR count). The van der Waals surface area contributed by atoms with E-state index >= 15 is 0 Å². The Morgan fingerprint density at radius 1 is 1.11 bits per heavy atom. The van der Waals surface area contributed by atoms with Crippen LogP contribution in [-0.4, -0.2) is 23.0 Å². The highest BCUT2D eigenvalue weighted by atomic mass is 32.2. The molecule has 6 heteroatoms. The van der Waals surface area contributed by atoms with Crippen molar-refractivity contribution in [2.75, 3.05) is 6.26 Å². The zero-order valence-corrected chi connectivity index (χ0v) is 13.2. The summed E-state index contributed by atoms with van der Waals surface area (Å²) < 4.78 is 32.7. The lowest BCUT2D eigenvalue weighted by Crippen LogP contribution is -2.26. The molecule has 102 valence electrons.